The van der Waals surface area contributed by atoms with Crippen molar-refractivity contribution in [3.8, 4) is 5.75 Å². The molecule has 7 heteroatoms. The molecule has 140 valence electrons. The molecule has 3 heterocycles. The number of pyridine rings is 1. The standard InChI is InChI=1S/C20H21ClN4O2/c1-27-18-4-2-3-15(11-18)20(26)24-9-7-23(8-10-24)13-17-14-25-12-16(21)5-6-19(25)22-17/h2-6,11-12,14H,7-10,13H2,1H3. The van der Waals surface area contributed by atoms with Crippen molar-refractivity contribution in [3.05, 3.63) is 65.1 Å². The van der Waals surface area contributed by atoms with Gasteiger partial charge in [0.25, 0.3) is 5.91 Å². The summed E-state index contributed by atoms with van der Waals surface area (Å²) >= 11 is 6.03. The lowest BCUT2D eigenvalue weighted by molar-refractivity contribution is 0.0627. The third-order valence-electron chi connectivity index (χ3n) is 4.83. The lowest BCUT2D eigenvalue weighted by atomic mass is 10.1. The number of hydrogen-bond acceptors (Lipinski definition) is 4. The number of amides is 1. The van der Waals surface area contributed by atoms with Crippen molar-refractivity contribution in [2.75, 3.05) is 33.3 Å². The van der Waals surface area contributed by atoms with Gasteiger partial charge in [-0.25, -0.2) is 4.98 Å². The van der Waals surface area contributed by atoms with Gasteiger partial charge in [-0.1, -0.05) is 17.7 Å². The number of piperazine rings is 1. The second-order valence-electron chi connectivity index (χ2n) is 6.65. The Kier molecular flexibility index (Phi) is 5.01. The van der Waals surface area contributed by atoms with Gasteiger partial charge in [-0.15, -0.1) is 0 Å². The molecule has 1 saturated heterocycles. The topological polar surface area (TPSA) is 50.1 Å². The predicted octanol–water partition coefficient (Wildman–Crippen LogP) is 2.95. The first-order chi connectivity index (χ1) is 13.1. The van der Waals surface area contributed by atoms with E-state index in [4.69, 9.17) is 16.3 Å². The summed E-state index contributed by atoms with van der Waals surface area (Å²) < 4.78 is 7.16. The van der Waals surface area contributed by atoms with E-state index in [1.807, 2.05) is 52.0 Å². The zero-order chi connectivity index (χ0) is 18.8. The van der Waals surface area contributed by atoms with Crippen molar-refractivity contribution in [3.63, 3.8) is 0 Å². The maximum Gasteiger partial charge on any atom is 0.254 e. The number of nitrogens with zero attached hydrogens (tertiary/aromatic N) is 4. The fraction of sp³-hybridized carbons (Fsp3) is 0.300. The zero-order valence-corrected chi connectivity index (χ0v) is 15.9. The molecule has 0 spiro atoms. The van der Waals surface area contributed by atoms with Gasteiger partial charge in [-0.05, 0) is 30.3 Å². The Labute approximate surface area is 162 Å². The molecule has 3 aromatic rings. The maximum atomic E-state index is 12.7. The first-order valence-corrected chi connectivity index (χ1v) is 9.29. The van der Waals surface area contributed by atoms with Crippen molar-refractivity contribution in [1.29, 1.82) is 0 Å². The van der Waals surface area contributed by atoms with Crippen molar-refractivity contribution < 1.29 is 9.53 Å². The van der Waals surface area contributed by atoms with Gasteiger partial charge in [0.05, 0.1) is 17.8 Å². The van der Waals surface area contributed by atoms with E-state index in [0.29, 0.717) is 29.4 Å². The smallest absolute Gasteiger partial charge is 0.254 e. The Morgan fingerprint density at radius 3 is 2.74 bits per heavy atom. The van der Waals surface area contributed by atoms with Gasteiger partial charge < -0.3 is 14.0 Å². The highest BCUT2D eigenvalue weighted by Crippen LogP contribution is 2.17. The van der Waals surface area contributed by atoms with Crippen LogP contribution in [0.2, 0.25) is 5.02 Å². The zero-order valence-electron chi connectivity index (χ0n) is 15.1. The van der Waals surface area contributed by atoms with Crippen LogP contribution >= 0.6 is 11.6 Å². The number of aromatic nitrogens is 2. The number of rotatable bonds is 4. The van der Waals surface area contributed by atoms with Crippen molar-refractivity contribution in [2.45, 2.75) is 6.54 Å². The monoisotopic (exact) mass is 384 g/mol. The van der Waals surface area contributed by atoms with Crippen LogP contribution in [0, 0.1) is 0 Å². The summed E-state index contributed by atoms with van der Waals surface area (Å²) in [6, 6.07) is 11.1. The van der Waals surface area contributed by atoms with Crippen LogP contribution in [-0.4, -0.2) is 58.4 Å². The molecular formula is C20H21ClN4O2. The van der Waals surface area contributed by atoms with Gasteiger partial charge in [0.2, 0.25) is 0 Å². The molecule has 0 saturated carbocycles. The average molecular weight is 385 g/mol. The molecule has 0 atom stereocenters. The Balaban J connectivity index is 1.37. The van der Waals surface area contributed by atoms with E-state index >= 15 is 0 Å². The summed E-state index contributed by atoms with van der Waals surface area (Å²) in [7, 11) is 1.61. The van der Waals surface area contributed by atoms with Gasteiger partial charge in [-0.2, -0.15) is 0 Å². The number of methoxy groups -OCH3 is 1. The molecule has 1 aromatic carbocycles. The number of fused-ring (bicyclic) bond motifs is 1. The van der Waals surface area contributed by atoms with E-state index in [1.54, 1.807) is 13.2 Å². The normalized spacial score (nSPS) is 15.3. The Morgan fingerprint density at radius 1 is 1.15 bits per heavy atom. The molecule has 1 fully saturated rings. The molecule has 0 N–H and O–H groups in total. The van der Waals surface area contributed by atoms with Crippen LogP contribution < -0.4 is 4.74 Å². The van der Waals surface area contributed by atoms with Crippen LogP contribution in [0.5, 0.6) is 5.75 Å². The number of hydrogen-bond donors (Lipinski definition) is 0. The van der Waals surface area contributed by atoms with Crippen molar-refractivity contribution in [2.24, 2.45) is 0 Å². The third-order valence-corrected chi connectivity index (χ3v) is 5.05. The fourth-order valence-corrected chi connectivity index (χ4v) is 3.54. The number of ether oxygens (including phenoxy) is 1. The largest absolute Gasteiger partial charge is 0.497 e. The van der Waals surface area contributed by atoms with Crippen LogP contribution in [0.25, 0.3) is 5.65 Å². The number of carbonyl (C=O) groups excluding carboxylic acids is 1. The average Bonchev–Trinajstić information content (AvgIpc) is 3.09. The van der Waals surface area contributed by atoms with Crippen molar-refractivity contribution >= 4 is 23.2 Å². The summed E-state index contributed by atoms with van der Waals surface area (Å²) in [6.45, 7) is 3.82. The predicted molar refractivity (Wildman–Crippen MR) is 104 cm³/mol. The van der Waals surface area contributed by atoms with Crippen LogP contribution in [0.3, 0.4) is 0 Å². The van der Waals surface area contributed by atoms with Gasteiger partial charge in [-0.3, -0.25) is 9.69 Å². The number of benzene rings is 1. The second-order valence-corrected chi connectivity index (χ2v) is 7.08. The Bertz CT molecular complexity index is 964. The van der Waals surface area contributed by atoms with E-state index in [2.05, 4.69) is 9.88 Å². The summed E-state index contributed by atoms with van der Waals surface area (Å²) in [5, 5.41) is 0.691. The lowest BCUT2D eigenvalue weighted by Gasteiger charge is -2.34. The molecule has 0 aliphatic carbocycles. The summed E-state index contributed by atoms with van der Waals surface area (Å²) in [5.74, 6) is 0.752. The number of carbonyl (C=O) groups is 1. The molecule has 0 bridgehead atoms. The third kappa shape index (κ3) is 3.91. The first kappa shape index (κ1) is 17.8. The minimum absolute atomic E-state index is 0.0518. The molecule has 1 aliphatic rings. The van der Waals surface area contributed by atoms with Gasteiger partial charge in [0.15, 0.2) is 0 Å². The molecular weight excluding hydrogens is 364 g/mol. The number of imidazole rings is 1. The highest BCUT2D eigenvalue weighted by Gasteiger charge is 2.23. The van der Waals surface area contributed by atoms with E-state index in [1.165, 1.54) is 0 Å². The summed E-state index contributed by atoms with van der Waals surface area (Å²) in [6.07, 6.45) is 3.87. The van der Waals surface area contributed by atoms with Gasteiger partial charge >= 0.3 is 0 Å². The molecule has 27 heavy (non-hydrogen) atoms. The highest BCUT2D eigenvalue weighted by molar-refractivity contribution is 6.30. The second kappa shape index (κ2) is 7.58. The molecule has 0 radical (unpaired) electrons. The molecule has 6 nitrogen and oxygen atoms in total. The van der Waals surface area contributed by atoms with E-state index in [9.17, 15) is 4.79 Å². The van der Waals surface area contributed by atoms with E-state index in [-0.39, 0.29) is 5.91 Å². The summed E-state index contributed by atoms with van der Waals surface area (Å²) in [4.78, 5) is 21.6. The van der Waals surface area contributed by atoms with Crippen molar-refractivity contribution in [1.82, 2.24) is 19.2 Å². The van der Waals surface area contributed by atoms with Crippen LogP contribution in [0.4, 0.5) is 0 Å². The molecule has 0 unspecified atom stereocenters. The SMILES string of the molecule is COc1cccc(C(=O)N2CCN(Cc3cn4cc(Cl)ccc4n3)CC2)c1. The number of halogens is 1. The minimum Gasteiger partial charge on any atom is -0.497 e. The Morgan fingerprint density at radius 2 is 1.96 bits per heavy atom. The summed E-state index contributed by atoms with van der Waals surface area (Å²) in [5.41, 5.74) is 2.56. The van der Waals surface area contributed by atoms with E-state index in [0.717, 1.165) is 31.0 Å². The van der Waals surface area contributed by atoms with Gasteiger partial charge in [0.1, 0.15) is 11.4 Å². The molecule has 1 aliphatic heterocycles. The minimum atomic E-state index is 0.0518. The van der Waals surface area contributed by atoms with Crippen LogP contribution in [0.15, 0.2) is 48.8 Å². The fourth-order valence-electron chi connectivity index (χ4n) is 3.37. The molecule has 1 amide bonds. The van der Waals surface area contributed by atoms with Crippen LogP contribution in [-0.2, 0) is 6.54 Å². The highest BCUT2D eigenvalue weighted by atomic mass is 35.5. The van der Waals surface area contributed by atoms with Crippen LogP contribution in [0.1, 0.15) is 16.1 Å². The first-order valence-electron chi connectivity index (χ1n) is 8.91. The lowest BCUT2D eigenvalue weighted by Crippen LogP contribution is -2.48. The van der Waals surface area contributed by atoms with Gasteiger partial charge in [0, 0.05) is 50.7 Å². The molecule has 4 rings (SSSR count). The quantitative estimate of drug-likeness (QED) is 0.694. The molecule has 2 aromatic heterocycles. The van der Waals surface area contributed by atoms with E-state index < -0.39 is 0 Å². The maximum absolute atomic E-state index is 12.7. The Hall–Kier alpha value is -2.57.